The molecule has 5 nitrogen and oxygen atoms in total. The van der Waals surface area contributed by atoms with Crippen LogP contribution in [0.1, 0.15) is 46.6 Å². The summed E-state index contributed by atoms with van der Waals surface area (Å²) < 4.78 is 5.66. The van der Waals surface area contributed by atoms with E-state index in [9.17, 15) is 10.1 Å². The van der Waals surface area contributed by atoms with E-state index in [1.54, 1.807) is 29.5 Å². The maximum atomic E-state index is 12.5. The zero-order valence-corrected chi connectivity index (χ0v) is 16.9. The van der Waals surface area contributed by atoms with Crippen molar-refractivity contribution in [1.82, 2.24) is 5.32 Å². The van der Waals surface area contributed by atoms with Gasteiger partial charge in [-0.25, -0.2) is 0 Å². The fourth-order valence-corrected chi connectivity index (χ4v) is 4.41. The lowest BCUT2D eigenvalue weighted by Crippen LogP contribution is -2.34. The summed E-state index contributed by atoms with van der Waals surface area (Å²) in [6, 6.07) is 9.26. The van der Waals surface area contributed by atoms with Crippen LogP contribution in [-0.4, -0.2) is 17.6 Å². The molecule has 0 bridgehead atoms. The van der Waals surface area contributed by atoms with Crippen molar-refractivity contribution in [3.8, 4) is 11.8 Å². The van der Waals surface area contributed by atoms with Crippen molar-refractivity contribution in [2.45, 2.75) is 33.1 Å². The molecular weight excluding hydrogens is 378 g/mol. The standard InChI is InChI=1S/C20H21N3O2S2/c1-12(2)11-25-14-6-3-5-13(9-14)18(24)22-20(26)23-19-16(10-21)15-7-4-8-17(15)27-19/h3,5-6,9,12H,4,7-8,11H2,1-2H3,(H2,22,23,24,26). The van der Waals surface area contributed by atoms with Gasteiger partial charge < -0.3 is 10.1 Å². The molecule has 1 amide bonds. The lowest BCUT2D eigenvalue weighted by Gasteiger charge is -2.11. The Hall–Kier alpha value is -2.43. The molecule has 7 heteroatoms. The van der Waals surface area contributed by atoms with Crippen LogP contribution in [0.15, 0.2) is 24.3 Å². The Balaban J connectivity index is 1.64. The molecule has 1 aliphatic carbocycles. The monoisotopic (exact) mass is 399 g/mol. The lowest BCUT2D eigenvalue weighted by atomic mass is 10.1. The van der Waals surface area contributed by atoms with Gasteiger partial charge >= 0.3 is 0 Å². The second kappa shape index (κ2) is 8.51. The number of rotatable bonds is 5. The average molecular weight is 400 g/mol. The smallest absolute Gasteiger partial charge is 0.257 e. The number of amides is 1. The highest BCUT2D eigenvalue weighted by Crippen LogP contribution is 2.38. The SMILES string of the molecule is CC(C)COc1cccc(C(=O)NC(=S)Nc2sc3c(c2C#N)CCC3)c1. The third-order valence-electron chi connectivity index (χ3n) is 4.17. The number of thiocarbonyl (C=S) groups is 1. The number of thiophene rings is 1. The van der Waals surface area contributed by atoms with Gasteiger partial charge in [-0.3, -0.25) is 10.1 Å². The van der Waals surface area contributed by atoms with E-state index in [0.29, 0.717) is 34.4 Å². The van der Waals surface area contributed by atoms with E-state index < -0.39 is 0 Å². The van der Waals surface area contributed by atoms with E-state index >= 15 is 0 Å². The van der Waals surface area contributed by atoms with Crippen molar-refractivity contribution < 1.29 is 9.53 Å². The summed E-state index contributed by atoms with van der Waals surface area (Å²) in [4.78, 5) is 13.7. The molecular formula is C20H21N3O2S2. The zero-order valence-electron chi connectivity index (χ0n) is 15.3. The van der Waals surface area contributed by atoms with E-state index in [2.05, 4.69) is 30.6 Å². The quantitative estimate of drug-likeness (QED) is 0.735. The Morgan fingerprint density at radius 2 is 2.22 bits per heavy atom. The van der Waals surface area contributed by atoms with Crippen molar-refractivity contribution in [3.63, 3.8) is 0 Å². The van der Waals surface area contributed by atoms with Crippen molar-refractivity contribution >= 4 is 39.6 Å². The van der Waals surface area contributed by atoms with E-state index in [4.69, 9.17) is 17.0 Å². The van der Waals surface area contributed by atoms with Gasteiger partial charge in [0.1, 0.15) is 16.8 Å². The van der Waals surface area contributed by atoms with Gasteiger partial charge in [-0.15, -0.1) is 11.3 Å². The molecule has 0 saturated carbocycles. The Labute approximate surface area is 168 Å². The van der Waals surface area contributed by atoms with Gasteiger partial charge in [-0.1, -0.05) is 19.9 Å². The highest BCUT2D eigenvalue weighted by Gasteiger charge is 2.22. The predicted molar refractivity (Wildman–Crippen MR) is 112 cm³/mol. The Morgan fingerprint density at radius 1 is 1.41 bits per heavy atom. The molecule has 0 saturated heterocycles. The van der Waals surface area contributed by atoms with E-state index in [1.165, 1.54) is 4.88 Å². The molecule has 0 atom stereocenters. The van der Waals surface area contributed by atoms with Crippen LogP contribution >= 0.6 is 23.6 Å². The van der Waals surface area contributed by atoms with Crippen LogP contribution in [0.4, 0.5) is 5.00 Å². The number of nitrogens with one attached hydrogen (secondary N) is 2. The van der Waals surface area contributed by atoms with Gasteiger partial charge in [0.2, 0.25) is 0 Å². The largest absolute Gasteiger partial charge is 0.493 e. The Morgan fingerprint density at radius 3 is 2.96 bits per heavy atom. The number of hydrogen-bond acceptors (Lipinski definition) is 5. The van der Waals surface area contributed by atoms with Crippen LogP contribution in [0.25, 0.3) is 0 Å². The van der Waals surface area contributed by atoms with Crippen LogP contribution in [0.3, 0.4) is 0 Å². The molecule has 1 aromatic carbocycles. The molecule has 140 valence electrons. The number of carbonyl (C=O) groups is 1. The summed E-state index contributed by atoms with van der Waals surface area (Å²) in [6.07, 6.45) is 3.02. The first-order valence-electron chi connectivity index (χ1n) is 8.87. The average Bonchev–Trinajstić information content (AvgIpc) is 3.20. The maximum Gasteiger partial charge on any atom is 0.257 e. The van der Waals surface area contributed by atoms with Crippen molar-refractivity contribution in [2.75, 3.05) is 11.9 Å². The van der Waals surface area contributed by atoms with Gasteiger partial charge in [-0.05, 0) is 61.2 Å². The number of benzene rings is 1. The molecule has 0 unspecified atom stereocenters. The molecule has 0 aliphatic heterocycles. The first-order valence-corrected chi connectivity index (χ1v) is 10.1. The van der Waals surface area contributed by atoms with Crippen LogP contribution in [0.5, 0.6) is 5.75 Å². The number of hydrogen-bond donors (Lipinski definition) is 2. The summed E-state index contributed by atoms with van der Waals surface area (Å²) in [5.41, 5.74) is 2.23. The highest BCUT2D eigenvalue weighted by atomic mass is 32.1. The Kier molecular flexibility index (Phi) is 6.09. The Bertz CT molecular complexity index is 912. The number of ether oxygens (including phenoxy) is 1. The highest BCUT2D eigenvalue weighted by molar-refractivity contribution is 7.80. The molecule has 1 aromatic heterocycles. The van der Waals surface area contributed by atoms with Gasteiger partial charge in [0.05, 0.1) is 12.2 Å². The van der Waals surface area contributed by atoms with Crippen LogP contribution in [0.2, 0.25) is 0 Å². The first-order chi connectivity index (χ1) is 13.0. The number of nitrogens with zero attached hydrogens (tertiary/aromatic N) is 1. The summed E-state index contributed by atoms with van der Waals surface area (Å²) in [6.45, 7) is 4.72. The molecule has 1 aliphatic rings. The maximum absolute atomic E-state index is 12.5. The van der Waals surface area contributed by atoms with Gasteiger partial charge in [0.15, 0.2) is 5.11 Å². The number of anilines is 1. The topological polar surface area (TPSA) is 74.2 Å². The molecule has 2 aromatic rings. The first kappa shape index (κ1) is 19.3. The summed E-state index contributed by atoms with van der Waals surface area (Å²) in [5.74, 6) is 0.739. The van der Waals surface area contributed by atoms with Gasteiger partial charge in [0, 0.05) is 10.4 Å². The third kappa shape index (κ3) is 4.65. The molecule has 27 heavy (non-hydrogen) atoms. The van der Waals surface area contributed by atoms with Crippen molar-refractivity contribution in [1.29, 1.82) is 5.26 Å². The second-order valence-electron chi connectivity index (χ2n) is 6.81. The second-order valence-corrected chi connectivity index (χ2v) is 8.33. The lowest BCUT2D eigenvalue weighted by molar-refractivity contribution is 0.0977. The van der Waals surface area contributed by atoms with Crippen LogP contribution in [-0.2, 0) is 12.8 Å². The summed E-state index contributed by atoms with van der Waals surface area (Å²) >= 11 is 6.81. The molecule has 0 radical (unpaired) electrons. The summed E-state index contributed by atoms with van der Waals surface area (Å²) in [7, 11) is 0. The van der Waals surface area contributed by atoms with Crippen LogP contribution in [0, 0.1) is 17.2 Å². The number of fused-ring (bicyclic) bond motifs is 1. The van der Waals surface area contributed by atoms with E-state index in [1.807, 2.05) is 6.07 Å². The third-order valence-corrected chi connectivity index (χ3v) is 5.58. The number of nitriles is 1. The normalized spacial score (nSPS) is 12.4. The van der Waals surface area contributed by atoms with Crippen molar-refractivity contribution in [3.05, 3.63) is 45.8 Å². The van der Waals surface area contributed by atoms with Gasteiger partial charge in [-0.2, -0.15) is 5.26 Å². The molecule has 2 N–H and O–H groups in total. The van der Waals surface area contributed by atoms with Crippen LogP contribution < -0.4 is 15.4 Å². The molecule has 0 spiro atoms. The fraction of sp³-hybridized carbons (Fsp3) is 0.350. The minimum Gasteiger partial charge on any atom is -0.493 e. The zero-order chi connectivity index (χ0) is 19.4. The van der Waals surface area contributed by atoms with E-state index in [-0.39, 0.29) is 11.0 Å². The van der Waals surface area contributed by atoms with Gasteiger partial charge in [0.25, 0.3) is 5.91 Å². The minimum atomic E-state index is -0.315. The number of carbonyl (C=O) groups excluding carboxylic acids is 1. The fourth-order valence-electron chi connectivity index (χ4n) is 2.91. The molecule has 1 heterocycles. The van der Waals surface area contributed by atoms with Crippen molar-refractivity contribution in [2.24, 2.45) is 5.92 Å². The number of aryl methyl sites for hydroxylation is 1. The molecule has 3 rings (SSSR count). The minimum absolute atomic E-state index is 0.185. The van der Waals surface area contributed by atoms with E-state index in [0.717, 1.165) is 24.8 Å². The molecule has 0 fully saturated rings. The summed E-state index contributed by atoms with van der Waals surface area (Å²) in [5, 5.41) is 16.0. The predicted octanol–water partition coefficient (Wildman–Crippen LogP) is 4.27.